The molecule has 2 amide bonds. The maximum atomic E-state index is 14.1. The summed E-state index contributed by atoms with van der Waals surface area (Å²) in [5, 5.41) is 3.04. The Morgan fingerprint density at radius 2 is 1.88 bits per heavy atom. The third kappa shape index (κ3) is 4.69. The molecule has 0 radical (unpaired) electrons. The average molecular weight is 384 g/mol. The van der Waals surface area contributed by atoms with Gasteiger partial charge in [0, 0.05) is 5.02 Å². The van der Waals surface area contributed by atoms with Crippen LogP contribution < -0.4 is 16.8 Å². The number of amides is 2. The molecule has 0 fully saturated rings. The number of hydrogen-bond donors (Lipinski definition) is 3. The van der Waals surface area contributed by atoms with E-state index in [0.717, 1.165) is 17.7 Å². The van der Waals surface area contributed by atoms with Crippen molar-refractivity contribution >= 4 is 35.0 Å². The van der Waals surface area contributed by atoms with Crippen LogP contribution in [-0.2, 0) is 0 Å². The van der Waals surface area contributed by atoms with E-state index in [4.69, 9.17) is 34.7 Å². The fourth-order valence-electron chi connectivity index (χ4n) is 2.36. The molecule has 0 heterocycles. The molecule has 0 saturated carbocycles. The summed E-state index contributed by atoms with van der Waals surface area (Å²) in [5.74, 6) is -2.42. The van der Waals surface area contributed by atoms with Gasteiger partial charge in [-0.2, -0.15) is 0 Å². The summed E-state index contributed by atoms with van der Waals surface area (Å²) < 4.78 is 14.1. The lowest BCUT2D eigenvalue weighted by atomic mass is 10.0. The van der Waals surface area contributed by atoms with Gasteiger partial charge in [0.25, 0.3) is 5.91 Å². The summed E-state index contributed by atoms with van der Waals surface area (Å²) in [4.78, 5) is 23.8. The van der Waals surface area contributed by atoms with Crippen molar-refractivity contribution < 1.29 is 14.0 Å². The van der Waals surface area contributed by atoms with Crippen LogP contribution in [0.1, 0.15) is 38.7 Å². The highest BCUT2D eigenvalue weighted by molar-refractivity contribution is 6.34. The number of hydrogen-bond acceptors (Lipinski definition) is 3. The van der Waals surface area contributed by atoms with Gasteiger partial charge in [-0.1, -0.05) is 35.3 Å². The molecule has 5 nitrogen and oxygen atoms in total. The van der Waals surface area contributed by atoms with Crippen molar-refractivity contribution in [3.05, 3.63) is 69.0 Å². The van der Waals surface area contributed by atoms with Gasteiger partial charge in [0.2, 0.25) is 5.91 Å². The van der Waals surface area contributed by atoms with Gasteiger partial charge in [-0.3, -0.25) is 9.59 Å². The summed E-state index contributed by atoms with van der Waals surface area (Å²) in [7, 11) is 0. The van der Waals surface area contributed by atoms with Crippen LogP contribution in [0.15, 0.2) is 36.4 Å². The molecule has 8 heteroatoms. The quantitative estimate of drug-likeness (QED) is 0.714. The molecule has 2 aromatic rings. The van der Waals surface area contributed by atoms with Gasteiger partial charge >= 0.3 is 0 Å². The third-order valence-electron chi connectivity index (χ3n) is 3.58. The zero-order chi connectivity index (χ0) is 18.6. The minimum atomic E-state index is -0.856. The zero-order valence-corrected chi connectivity index (χ0v) is 14.6. The van der Waals surface area contributed by atoms with Crippen molar-refractivity contribution in [1.82, 2.24) is 5.32 Å². The Morgan fingerprint density at radius 3 is 2.48 bits per heavy atom. The molecule has 0 aliphatic rings. The van der Waals surface area contributed by atoms with Crippen molar-refractivity contribution in [2.75, 3.05) is 6.54 Å². The van der Waals surface area contributed by atoms with Gasteiger partial charge in [0.15, 0.2) is 0 Å². The second-order valence-corrected chi connectivity index (χ2v) is 6.18. The molecular formula is C17H16Cl2FN3O2. The number of rotatable bonds is 6. The fraction of sp³-hybridized carbons (Fsp3) is 0.176. The minimum Gasteiger partial charge on any atom is -0.366 e. The van der Waals surface area contributed by atoms with E-state index in [1.54, 1.807) is 24.3 Å². The van der Waals surface area contributed by atoms with Crippen molar-refractivity contribution in [3.8, 4) is 0 Å². The Hall–Kier alpha value is -2.15. The number of primary amides is 1. The third-order valence-corrected chi connectivity index (χ3v) is 4.13. The molecule has 5 N–H and O–H groups in total. The molecule has 25 heavy (non-hydrogen) atoms. The molecule has 0 spiro atoms. The predicted octanol–water partition coefficient (Wildman–Crippen LogP) is 3.05. The highest BCUT2D eigenvalue weighted by Gasteiger charge is 2.21. The van der Waals surface area contributed by atoms with Crippen LogP contribution in [0.5, 0.6) is 0 Å². The number of nitrogens with one attached hydrogen (secondary N) is 1. The van der Waals surface area contributed by atoms with Crippen molar-refractivity contribution in [3.63, 3.8) is 0 Å². The number of carbonyl (C=O) groups excluding carboxylic acids is 2. The summed E-state index contributed by atoms with van der Waals surface area (Å²) in [6.45, 7) is 0.299. The highest BCUT2D eigenvalue weighted by Crippen LogP contribution is 2.23. The molecule has 0 saturated heterocycles. The smallest absolute Gasteiger partial charge is 0.254 e. The monoisotopic (exact) mass is 383 g/mol. The maximum Gasteiger partial charge on any atom is 0.254 e. The number of carbonyl (C=O) groups is 2. The van der Waals surface area contributed by atoms with Gasteiger partial charge in [0.1, 0.15) is 5.82 Å². The lowest BCUT2D eigenvalue weighted by Gasteiger charge is -2.19. The van der Waals surface area contributed by atoms with Crippen LogP contribution in [0, 0.1) is 5.82 Å². The van der Waals surface area contributed by atoms with Crippen LogP contribution in [0.4, 0.5) is 4.39 Å². The minimum absolute atomic E-state index is 0.133. The SMILES string of the molecule is NCCC(NC(=O)c1cc(C(N)=O)c(Cl)cc1F)c1cccc(Cl)c1. The van der Waals surface area contributed by atoms with Gasteiger partial charge in [0.05, 0.1) is 22.2 Å². The summed E-state index contributed by atoms with van der Waals surface area (Å²) >= 11 is 11.7. The Morgan fingerprint density at radius 1 is 1.16 bits per heavy atom. The summed E-state index contributed by atoms with van der Waals surface area (Å²) in [5.41, 5.74) is 11.0. The van der Waals surface area contributed by atoms with Crippen molar-refractivity contribution in [2.45, 2.75) is 12.5 Å². The Bertz CT molecular complexity index is 814. The normalized spacial score (nSPS) is 11.8. The first-order valence-electron chi connectivity index (χ1n) is 7.38. The standard InChI is InChI=1S/C17H16Cl2FN3O2/c18-10-3-1-2-9(6-10)15(4-5-21)23-17(25)12-7-11(16(22)24)13(19)8-14(12)20/h1-3,6-8,15H,4-5,21H2,(H2,22,24)(H,23,25). The lowest BCUT2D eigenvalue weighted by Crippen LogP contribution is -2.31. The second-order valence-electron chi connectivity index (χ2n) is 5.33. The van der Waals surface area contributed by atoms with E-state index >= 15 is 0 Å². The zero-order valence-electron chi connectivity index (χ0n) is 13.1. The van der Waals surface area contributed by atoms with Crippen LogP contribution >= 0.6 is 23.2 Å². The number of benzene rings is 2. The fourth-order valence-corrected chi connectivity index (χ4v) is 2.80. The van der Waals surface area contributed by atoms with Gasteiger partial charge in [-0.25, -0.2) is 4.39 Å². The molecule has 2 rings (SSSR count). The molecular weight excluding hydrogens is 368 g/mol. The molecule has 132 valence electrons. The van der Waals surface area contributed by atoms with E-state index < -0.39 is 23.7 Å². The molecule has 0 aliphatic carbocycles. The molecule has 0 bridgehead atoms. The first kappa shape index (κ1) is 19.2. The van der Waals surface area contributed by atoms with Crippen LogP contribution in [-0.4, -0.2) is 18.4 Å². The summed E-state index contributed by atoms with van der Waals surface area (Å²) in [6, 6.07) is 8.35. The van der Waals surface area contributed by atoms with E-state index in [0.29, 0.717) is 18.0 Å². The van der Waals surface area contributed by atoms with Gasteiger partial charge in [-0.05, 0) is 42.8 Å². The van der Waals surface area contributed by atoms with Crippen LogP contribution in [0.3, 0.4) is 0 Å². The molecule has 2 aromatic carbocycles. The highest BCUT2D eigenvalue weighted by atomic mass is 35.5. The largest absolute Gasteiger partial charge is 0.366 e. The van der Waals surface area contributed by atoms with E-state index in [-0.39, 0.29) is 16.1 Å². The molecule has 1 atom stereocenters. The molecule has 0 aliphatic heterocycles. The number of nitrogens with two attached hydrogens (primary N) is 2. The first-order chi connectivity index (χ1) is 11.8. The van der Waals surface area contributed by atoms with E-state index in [1.807, 2.05) is 0 Å². The molecule has 0 aromatic heterocycles. The Balaban J connectivity index is 2.33. The number of halogens is 3. The summed E-state index contributed by atoms with van der Waals surface area (Å²) in [6.07, 6.45) is 0.421. The van der Waals surface area contributed by atoms with E-state index in [9.17, 15) is 14.0 Å². The van der Waals surface area contributed by atoms with Crippen molar-refractivity contribution in [1.29, 1.82) is 0 Å². The first-order valence-corrected chi connectivity index (χ1v) is 8.14. The van der Waals surface area contributed by atoms with Crippen LogP contribution in [0.2, 0.25) is 10.0 Å². The predicted molar refractivity (Wildman–Crippen MR) is 95.3 cm³/mol. The Kier molecular flexibility index (Phi) is 6.36. The van der Waals surface area contributed by atoms with E-state index in [2.05, 4.69) is 5.32 Å². The second kappa shape index (κ2) is 8.29. The van der Waals surface area contributed by atoms with Crippen LogP contribution in [0.25, 0.3) is 0 Å². The topological polar surface area (TPSA) is 98.2 Å². The average Bonchev–Trinajstić information content (AvgIpc) is 2.54. The molecule has 1 unspecified atom stereocenters. The lowest BCUT2D eigenvalue weighted by molar-refractivity contribution is 0.0931. The maximum absolute atomic E-state index is 14.1. The van der Waals surface area contributed by atoms with Crippen molar-refractivity contribution in [2.24, 2.45) is 11.5 Å². The van der Waals surface area contributed by atoms with Gasteiger partial charge < -0.3 is 16.8 Å². The van der Waals surface area contributed by atoms with E-state index in [1.165, 1.54) is 0 Å². The Labute approximate surface area is 154 Å². The van der Waals surface area contributed by atoms with Gasteiger partial charge in [-0.15, -0.1) is 0 Å².